The van der Waals surface area contributed by atoms with E-state index in [1.807, 2.05) is 49.4 Å². The zero-order valence-corrected chi connectivity index (χ0v) is 12.7. The molecule has 0 saturated heterocycles. The average Bonchev–Trinajstić information content (AvgIpc) is 2.55. The van der Waals surface area contributed by atoms with Gasteiger partial charge >= 0.3 is 0 Å². The van der Waals surface area contributed by atoms with Crippen molar-refractivity contribution in [1.29, 1.82) is 0 Å². The minimum Gasteiger partial charge on any atom is -0.484 e. The summed E-state index contributed by atoms with van der Waals surface area (Å²) in [6, 6.07) is 17.7. The van der Waals surface area contributed by atoms with Gasteiger partial charge in [-0.3, -0.25) is 4.79 Å². The van der Waals surface area contributed by atoms with Crippen LogP contribution >= 0.6 is 0 Å². The molecule has 2 aromatic carbocycles. The minimum absolute atomic E-state index is 0.0426. The fourth-order valence-corrected chi connectivity index (χ4v) is 1.87. The molecule has 0 heterocycles. The van der Waals surface area contributed by atoms with Crippen molar-refractivity contribution in [2.75, 3.05) is 6.61 Å². The van der Waals surface area contributed by atoms with Gasteiger partial charge in [0.2, 0.25) is 0 Å². The van der Waals surface area contributed by atoms with E-state index in [9.17, 15) is 4.79 Å². The number of aryl methyl sites for hydroxylation is 2. The van der Waals surface area contributed by atoms with Crippen molar-refractivity contribution < 1.29 is 9.53 Å². The van der Waals surface area contributed by atoms with Crippen LogP contribution in [0.5, 0.6) is 5.75 Å². The molecule has 0 aliphatic heterocycles. The van der Waals surface area contributed by atoms with Gasteiger partial charge in [-0.25, -0.2) is 5.43 Å². The summed E-state index contributed by atoms with van der Waals surface area (Å²) in [6.45, 7) is 1.96. The normalized spacial score (nSPS) is 10.6. The average molecular weight is 296 g/mol. The van der Waals surface area contributed by atoms with Crippen molar-refractivity contribution in [3.63, 3.8) is 0 Å². The van der Waals surface area contributed by atoms with E-state index >= 15 is 0 Å². The van der Waals surface area contributed by atoms with Gasteiger partial charge in [0.1, 0.15) is 5.75 Å². The fraction of sp³-hybridized carbons (Fsp3) is 0.222. The number of nitrogens with zero attached hydrogens (tertiary/aromatic N) is 1. The number of carbonyl (C=O) groups excluding carboxylic acids is 1. The van der Waals surface area contributed by atoms with Crippen molar-refractivity contribution in [2.45, 2.75) is 19.8 Å². The van der Waals surface area contributed by atoms with Gasteiger partial charge in [0.05, 0.1) is 0 Å². The Morgan fingerprint density at radius 3 is 2.59 bits per heavy atom. The fourth-order valence-electron chi connectivity index (χ4n) is 1.87. The van der Waals surface area contributed by atoms with E-state index < -0.39 is 0 Å². The molecule has 0 bridgehead atoms. The Bertz CT molecular complexity index is 607. The molecule has 0 atom stereocenters. The van der Waals surface area contributed by atoms with Gasteiger partial charge in [0.25, 0.3) is 5.91 Å². The van der Waals surface area contributed by atoms with Gasteiger partial charge in [0, 0.05) is 6.21 Å². The lowest BCUT2D eigenvalue weighted by atomic mass is 10.1. The van der Waals surface area contributed by atoms with Crippen LogP contribution in [-0.4, -0.2) is 18.7 Å². The van der Waals surface area contributed by atoms with Crippen molar-refractivity contribution in [3.05, 3.63) is 65.7 Å². The second kappa shape index (κ2) is 8.62. The van der Waals surface area contributed by atoms with Crippen molar-refractivity contribution in [3.8, 4) is 5.75 Å². The summed E-state index contributed by atoms with van der Waals surface area (Å²) in [5.74, 6) is 0.408. The van der Waals surface area contributed by atoms with Crippen molar-refractivity contribution in [1.82, 2.24) is 5.43 Å². The zero-order valence-electron chi connectivity index (χ0n) is 12.7. The van der Waals surface area contributed by atoms with Gasteiger partial charge in [-0.2, -0.15) is 5.10 Å². The summed E-state index contributed by atoms with van der Waals surface area (Å²) in [6.07, 6.45) is 3.39. The first-order valence-electron chi connectivity index (χ1n) is 7.28. The van der Waals surface area contributed by atoms with Crippen LogP contribution in [0.25, 0.3) is 0 Å². The lowest BCUT2D eigenvalue weighted by Gasteiger charge is -2.05. The molecular formula is C18H20N2O2. The highest BCUT2D eigenvalue weighted by Crippen LogP contribution is 2.10. The second-order valence-electron chi connectivity index (χ2n) is 4.97. The van der Waals surface area contributed by atoms with E-state index in [1.54, 1.807) is 6.21 Å². The predicted octanol–water partition coefficient (Wildman–Crippen LogP) is 3.11. The Morgan fingerprint density at radius 2 is 1.86 bits per heavy atom. The Hall–Kier alpha value is -2.62. The van der Waals surface area contributed by atoms with Gasteiger partial charge in [-0.15, -0.1) is 0 Å². The molecular weight excluding hydrogens is 276 g/mol. The van der Waals surface area contributed by atoms with Crippen LogP contribution in [-0.2, 0) is 11.2 Å². The van der Waals surface area contributed by atoms with Crippen LogP contribution in [0.4, 0.5) is 0 Å². The van der Waals surface area contributed by atoms with Gasteiger partial charge < -0.3 is 4.74 Å². The van der Waals surface area contributed by atoms with E-state index in [4.69, 9.17) is 4.74 Å². The molecule has 0 fully saturated rings. The maximum Gasteiger partial charge on any atom is 0.277 e. The Morgan fingerprint density at radius 1 is 1.14 bits per heavy atom. The summed E-state index contributed by atoms with van der Waals surface area (Å²) in [5.41, 5.74) is 4.86. The lowest BCUT2D eigenvalue weighted by molar-refractivity contribution is -0.123. The number of ether oxygens (including phenoxy) is 1. The monoisotopic (exact) mass is 296 g/mol. The van der Waals surface area contributed by atoms with Crippen LogP contribution in [0.3, 0.4) is 0 Å². The molecule has 4 heteroatoms. The molecule has 0 aliphatic rings. The molecule has 0 spiro atoms. The Balaban J connectivity index is 1.63. The summed E-state index contributed by atoms with van der Waals surface area (Å²) < 4.78 is 5.36. The number of carbonyl (C=O) groups is 1. The molecule has 0 aromatic heterocycles. The van der Waals surface area contributed by atoms with Crippen molar-refractivity contribution >= 4 is 12.1 Å². The van der Waals surface area contributed by atoms with Gasteiger partial charge in [-0.05, 0) is 37.5 Å². The third kappa shape index (κ3) is 5.79. The minimum atomic E-state index is -0.267. The van der Waals surface area contributed by atoms with Crippen LogP contribution in [0, 0.1) is 6.92 Å². The first-order chi connectivity index (χ1) is 10.7. The molecule has 1 N–H and O–H groups in total. The molecule has 2 rings (SSSR count). The standard InChI is InChI=1S/C18H20N2O2/c1-15-9-11-17(12-10-15)22-14-18(21)20-19-13-5-8-16-6-3-2-4-7-16/h2-4,6-7,9-13H,5,8,14H2,1H3,(H,20,21)/b19-13+. The third-order valence-corrected chi connectivity index (χ3v) is 3.08. The van der Waals surface area contributed by atoms with E-state index in [-0.39, 0.29) is 12.5 Å². The molecule has 22 heavy (non-hydrogen) atoms. The molecule has 4 nitrogen and oxygen atoms in total. The molecule has 0 radical (unpaired) electrons. The quantitative estimate of drug-likeness (QED) is 0.630. The first-order valence-corrected chi connectivity index (χ1v) is 7.28. The summed E-state index contributed by atoms with van der Waals surface area (Å²) in [7, 11) is 0. The number of benzene rings is 2. The maximum atomic E-state index is 11.6. The highest BCUT2D eigenvalue weighted by molar-refractivity contribution is 5.78. The summed E-state index contributed by atoms with van der Waals surface area (Å²) >= 11 is 0. The van der Waals surface area contributed by atoms with E-state index in [1.165, 1.54) is 5.56 Å². The van der Waals surface area contributed by atoms with E-state index in [0.29, 0.717) is 5.75 Å². The Labute approximate surface area is 130 Å². The van der Waals surface area contributed by atoms with E-state index in [2.05, 4.69) is 22.7 Å². The maximum absolute atomic E-state index is 11.6. The highest BCUT2D eigenvalue weighted by Gasteiger charge is 2.00. The van der Waals surface area contributed by atoms with E-state index in [0.717, 1.165) is 18.4 Å². The van der Waals surface area contributed by atoms with Gasteiger partial charge in [-0.1, -0.05) is 48.0 Å². The molecule has 114 valence electrons. The van der Waals surface area contributed by atoms with Crippen LogP contribution in [0.2, 0.25) is 0 Å². The molecule has 0 unspecified atom stereocenters. The first kappa shape index (κ1) is 15.8. The number of amides is 1. The number of nitrogens with one attached hydrogen (secondary N) is 1. The smallest absolute Gasteiger partial charge is 0.277 e. The largest absolute Gasteiger partial charge is 0.484 e. The molecule has 0 aliphatic carbocycles. The predicted molar refractivity (Wildman–Crippen MR) is 88.1 cm³/mol. The third-order valence-electron chi connectivity index (χ3n) is 3.08. The number of hydrazone groups is 1. The van der Waals surface area contributed by atoms with Crippen molar-refractivity contribution in [2.24, 2.45) is 5.10 Å². The number of hydrogen-bond acceptors (Lipinski definition) is 3. The summed E-state index contributed by atoms with van der Waals surface area (Å²) in [5, 5.41) is 3.91. The van der Waals surface area contributed by atoms with Crippen LogP contribution in [0.1, 0.15) is 17.5 Å². The topological polar surface area (TPSA) is 50.7 Å². The lowest BCUT2D eigenvalue weighted by Crippen LogP contribution is -2.24. The van der Waals surface area contributed by atoms with Crippen LogP contribution < -0.4 is 10.2 Å². The highest BCUT2D eigenvalue weighted by atomic mass is 16.5. The SMILES string of the molecule is Cc1ccc(OCC(=O)N/N=C/CCc2ccccc2)cc1. The molecule has 1 amide bonds. The number of rotatable bonds is 7. The second-order valence-corrected chi connectivity index (χ2v) is 4.97. The molecule has 0 saturated carbocycles. The van der Waals surface area contributed by atoms with Crippen LogP contribution in [0.15, 0.2) is 59.7 Å². The molecule has 2 aromatic rings. The summed E-state index contributed by atoms with van der Waals surface area (Å²) in [4.78, 5) is 11.6. The zero-order chi connectivity index (χ0) is 15.6. The number of hydrogen-bond donors (Lipinski definition) is 1. The Kier molecular flexibility index (Phi) is 6.18. The van der Waals surface area contributed by atoms with Gasteiger partial charge in [0.15, 0.2) is 6.61 Å².